The fourth-order valence-corrected chi connectivity index (χ4v) is 2.86. The van der Waals surface area contributed by atoms with Crippen LogP contribution in [0.3, 0.4) is 0 Å². The second-order valence-corrected chi connectivity index (χ2v) is 6.50. The Morgan fingerprint density at radius 3 is 2.70 bits per heavy atom. The zero-order valence-corrected chi connectivity index (χ0v) is 14.5. The summed E-state index contributed by atoms with van der Waals surface area (Å²) in [4.78, 5) is 17.1. The first-order valence-electron chi connectivity index (χ1n) is 7.31. The van der Waals surface area contributed by atoms with Crippen LogP contribution in [0.25, 0.3) is 0 Å². The van der Waals surface area contributed by atoms with E-state index in [-0.39, 0.29) is 5.91 Å². The number of pyridine rings is 1. The summed E-state index contributed by atoms with van der Waals surface area (Å²) in [7, 11) is 1.58. The molecule has 0 unspecified atom stereocenters. The topological polar surface area (TPSA) is 51.2 Å². The second kappa shape index (κ2) is 9.43. The quantitative estimate of drug-likeness (QED) is 0.579. The zero-order valence-electron chi connectivity index (χ0n) is 12.9. The highest BCUT2D eigenvalue weighted by Gasteiger charge is 2.03. The van der Waals surface area contributed by atoms with Crippen molar-refractivity contribution in [3.63, 3.8) is 0 Å². The number of ether oxygens (including phenoxy) is 1. The predicted octanol–water partition coefficient (Wildman–Crippen LogP) is 3.93. The number of hydrogen-bond donors (Lipinski definition) is 1. The highest BCUT2D eigenvalue weighted by molar-refractivity contribution is 7.99. The number of carbonyl (C=O) groups excluding carboxylic acids is 1. The van der Waals surface area contributed by atoms with Crippen LogP contribution in [0.1, 0.15) is 18.4 Å². The molecule has 0 radical (unpaired) electrons. The Morgan fingerprint density at radius 2 is 2.04 bits per heavy atom. The zero-order chi connectivity index (χ0) is 16.5. The van der Waals surface area contributed by atoms with Gasteiger partial charge in [0.1, 0.15) is 0 Å². The van der Waals surface area contributed by atoms with E-state index in [0.717, 1.165) is 22.8 Å². The number of nitrogens with one attached hydrogen (secondary N) is 1. The lowest BCUT2D eigenvalue weighted by Gasteiger charge is -2.06. The van der Waals surface area contributed by atoms with E-state index >= 15 is 0 Å². The maximum absolute atomic E-state index is 11.8. The number of amides is 1. The van der Waals surface area contributed by atoms with Crippen molar-refractivity contribution in [3.05, 3.63) is 53.2 Å². The van der Waals surface area contributed by atoms with Crippen LogP contribution in [0.2, 0.25) is 5.02 Å². The summed E-state index contributed by atoms with van der Waals surface area (Å²) in [6.07, 6.45) is 3.06. The lowest BCUT2D eigenvalue weighted by Crippen LogP contribution is -2.22. The van der Waals surface area contributed by atoms with E-state index in [9.17, 15) is 4.79 Å². The standard InChI is InChI=1S/C17H19ClN2O2S/c1-22-17-9-4-13(12-20-17)11-19-16(21)3-2-10-23-15-7-5-14(18)6-8-15/h4-9,12H,2-3,10-11H2,1H3,(H,19,21). The lowest BCUT2D eigenvalue weighted by molar-refractivity contribution is -0.121. The van der Waals surface area contributed by atoms with Gasteiger partial charge in [-0.3, -0.25) is 4.79 Å². The van der Waals surface area contributed by atoms with Gasteiger partial charge in [0.2, 0.25) is 11.8 Å². The molecule has 1 N–H and O–H groups in total. The average Bonchev–Trinajstić information content (AvgIpc) is 2.59. The molecule has 0 saturated heterocycles. The van der Waals surface area contributed by atoms with Crippen molar-refractivity contribution < 1.29 is 9.53 Å². The van der Waals surface area contributed by atoms with Gasteiger partial charge < -0.3 is 10.1 Å². The lowest BCUT2D eigenvalue weighted by atomic mass is 10.2. The number of thioether (sulfide) groups is 1. The Kier molecular flexibility index (Phi) is 7.23. The first-order chi connectivity index (χ1) is 11.2. The molecule has 6 heteroatoms. The van der Waals surface area contributed by atoms with Crippen molar-refractivity contribution in [3.8, 4) is 5.88 Å². The molecule has 2 aromatic rings. The van der Waals surface area contributed by atoms with E-state index in [1.165, 1.54) is 4.90 Å². The number of carbonyl (C=O) groups is 1. The summed E-state index contributed by atoms with van der Waals surface area (Å²) in [5.41, 5.74) is 0.953. The van der Waals surface area contributed by atoms with Crippen molar-refractivity contribution >= 4 is 29.3 Å². The highest BCUT2D eigenvalue weighted by atomic mass is 35.5. The second-order valence-electron chi connectivity index (χ2n) is 4.89. The normalized spacial score (nSPS) is 10.3. The molecule has 0 atom stereocenters. The molecule has 0 spiro atoms. The number of methoxy groups -OCH3 is 1. The van der Waals surface area contributed by atoms with E-state index in [2.05, 4.69) is 10.3 Å². The average molecular weight is 351 g/mol. The van der Waals surface area contributed by atoms with Gasteiger partial charge in [-0.15, -0.1) is 11.8 Å². The van der Waals surface area contributed by atoms with Crippen LogP contribution in [0, 0.1) is 0 Å². The number of benzene rings is 1. The Hall–Kier alpha value is -1.72. The van der Waals surface area contributed by atoms with Gasteiger partial charge in [-0.1, -0.05) is 17.7 Å². The monoisotopic (exact) mass is 350 g/mol. The van der Waals surface area contributed by atoms with Crippen molar-refractivity contribution in [2.45, 2.75) is 24.3 Å². The SMILES string of the molecule is COc1ccc(CNC(=O)CCCSc2ccc(Cl)cc2)cn1. The van der Waals surface area contributed by atoms with Crippen LogP contribution in [0.15, 0.2) is 47.5 Å². The third-order valence-corrected chi connectivity index (χ3v) is 4.48. The van der Waals surface area contributed by atoms with Gasteiger partial charge in [0.25, 0.3) is 0 Å². The van der Waals surface area contributed by atoms with Crippen molar-refractivity contribution in [2.24, 2.45) is 0 Å². The minimum absolute atomic E-state index is 0.0533. The van der Waals surface area contributed by atoms with E-state index in [1.807, 2.05) is 30.3 Å². The summed E-state index contributed by atoms with van der Waals surface area (Å²) < 4.78 is 5.00. The third kappa shape index (κ3) is 6.50. The molecule has 0 fully saturated rings. The molecule has 122 valence electrons. The van der Waals surface area contributed by atoms with Crippen LogP contribution in [0.5, 0.6) is 5.88 Å². The van der Waals surface area contributed by atoms with Gasteiger partial charge in [0.15, 0.2) is 0 Å². The van der Waals surface area contributed by atoms with Gasteiger partial charge in [0, 0.05) is 35.1 Å². The molecule has 1 aromatic heterocycles. The van der Waals surface area contributed by atoms with Crippen LogP contribution >= 0.6 is 23.4 Å². The smallest absolute Gasteiger partial charge is 0.220 e. The summed E-state index contributed by atoms with van der Waals surface area (Å²) in [5.74, 6) is 1.52. The van der Waals surface area contributed by atoms with Crippen LogP contribution in [-0.4, -0.2) is 23.8 Å². The maximum atomic E-state index is 11.8. The molecule has 1 amide bonds. The molecule has 1 aromatic carbocycles. The Labute approximate surface area is 145 Å². The molecular formula is C17H19ClN2O2S. The summed E-state index contributed by atoms with van der Waals surface area (Å²) in [6.45, 7) is 0.486. The van der Waals surface area contributed by atoms with Gasteiger partial charge in [-0.05, 0) is 42.0 Å². The van der Waals surface area contributed by atoms with Gasteiger partial charge in [0.05, 0.1) is 7.11 Å². The molecular weight excluding hydrogens is 332 g/mol. The number of rotatable bonds is 8. The highest BCUT2D eigenvalue weighted by Crippen LogP contribution is 2.21. The minimum Gasteiger partial charge on any atom is -0.481 e. The van der Waals surface area contributed by atoms with Gasteiger partial charge in [-0.25, -0.2) is 4.98 Å². The number of nitrogens with zero attached hydrogens (tertiary/aromatic N) is 1. The van der Waals surface area contributed by atoms with Crippen LogP contribution in [-0.2, 0) is 11.3 Å². The Balaban J connectivity index is 1.62. The van der Waals surface area contributed by atoms with E-state index in [1.54, 1.807) is 31.1 Å². The van der Waals surface area contributed by atoms with Crippen molar-refractivity contribution in [2.75, 3.05) is 12.9 Å². The molecule has 0 aliphatic carbocycles. The van der Waals surface area contributed by atoms with Crippen LogP contribution in [0.4, 0.5) is 0 Å². The molecule has 23 heavy (non-hydrogen) atoms. The maximum Gasteiger partial charge on any atom is 0.220 e. The van der Waals surface area contributed by atoms with E-state index < -0.39 is 0 Å². The van der Waals surface area contributed by atoms with Gasteiger partial charge in [-0.2, -0.15) is 0 Å². The number of aromatic nitrogens is 1. The third-order valence-electron chi connectivity index (χ3n) is 3.13. The first-order valence-corrected chi connectivity index (χ1v) is 8.68. The molecule has 4 nitrogen and oxygen atoms in total. The molecule has 2 rings (SSSR count). The minimum atomic E-state index is 0.0533. The fraction of sp³-hybridized carbons (Fsp3) is 0.294. The predicted molar refractivity (Wildman–Crippen MR) is 94.0 cm³/mol. The van der Waals surface area contributed by atoms with Crippen molar-refractivity contribution in [1.29, 1.82) is 0 Å². The summed E-state index contributed by atoms with van der Waals surface area (Å²) >= 11 is 7.57. The largest absolute Gasteiger partial charge is 0.481 e. The number of halogens is 1. The van der Waals surface area contributed by atoms with E-state index in [0.29, 0.717) is 18.8 Å². The first kappa shape index (κ1) is 17.6. The Morgan fingerprint density at radius 1 is 1.26 bits per heavy atom. The molecule has 0 saturated carbocycles. The van der Waals surface area contributed by atoms with Gasteiger partial charge >= 0.3 is 0 Å². The van der Waals surface area contributed by atoms with Crippen LogP contribution < -0.4 is 10.1 Å². The summed E-state index contributed by atoms with van der Waals surface area (Å²) in [5, 5.41) is 3.63. The van der Waals surface area contributed by atoms with E-state index in [4.69, 9.17) is 16.3 Å². The van der Waals surface area contributed by atoms with Crippen molar-refractivity contribution in [1.82, 2.24) is 10.3 Å². The molecule has 0 aliphatic heterocycles. The Bertz CT molecular complexity index is 617. The summed E-state index contributed by atoms with van der Waals surface area (Å²) in [6, 6.07) is 11.4. The fourth-order valence-electron chi connectivity index (χ4n) is 1.88. The molecule has 0 bridgehead atoms. The molecule has 1 heterocycles. The molecule has 0 aliphatic rings. The number of hydrogen-bond acceptors (Lipinski definition) is 4.